The van der Waals surface area contributed by atoms with Gasteiger partial charge in [0.1, 0.15) is 35.3 Å². The first-order chi connectivity index (χ1) is 15.3. The lowest BCUT2D eigenvalue weighted by molar-refractivity contribution is -0.141. The number of aliphatic hydroxyl groups excluding tert-OH is 1. The number of aromatic amines is 1. The van der Waals surface area contributed by atoms with Gasteiger partial charge in [-0.1, -0.05) is 0 Å². The molecule has 1 saturated heterocycles. The van der Waals surface area contributed by atoms with Gasteiger partial charge < -0.3 is 10.0 Å². The second-order valence-corrected chi connectivity index (χ2v) is 7.76. The van der Waals surface area contributed by atoms with Gasteiger partial charge in [0, 0.05) is 26.3 Å². The fourth-order valence-corrected chi connectivity index (χ4v) is 4.07. The van der Waals surface area contributed by atoms with Gasteiger partial charge in [-0.2, -0.15) is 28.5 Å². The Morgan fingerprint density at radius 2 is 2.16 bits per heavy atom. The molecule has 10 nitrogen and oxygen atoms in total. The molecule has 0 aliphatic carbocycles. The summed E-state index contributed by atoms with van der Waals surface area (Å²) in [5.41, 5.74) is 2.18. The van der Waals surface area contributed by atoms with Crippen molar-refractivity contribution in [2.24, 2.45) is 7.05 Å². The molecule has 5 heterocycles. The van der Waals surface area contributed by atoms with E-state index in [0.717, 1.165) is 4.68 Å². The van der Waals surface area contributed by atoms with Crippen LogP contribution < -0.4 is 4.90 Å². The summed E-state index contributed by atoms with van der Waals surface area (Å²) in [4.78, 5) is 10.8. The van der Waals surface area contributed by atoms with Crippen molar-refractivity contribution < 1.29 is 18.3 Å². The lowest BCUT2D eigenvalue weighted by atomic mass is 10.1. The highest BCUT2D eigenvalue weighted by molar-refractivity contribution is 5.98. The summed E-state index contributed by atoms with van der Waals surface area (Å²) in [7, 11) is 1.71. The molecule has 168 valence electrons. The van der Waals surface area contributed by atoms with E-state index >= 15 is 0 Å². The van der Waals surface area contributed by atoms with Crippen LogP contribution >= 0.6 is 0 Å². The van der Waals surface area contributed by atoms with Crippen LogP contribution in [0.1, 0.15) is 12.8 Å². The van der Waals surface area contributed by atoms with Crippen LogP contribution in [0.5, 0.6) is 0 Å². The monoisotopic (exact) mass is 447 g/mol. The van der Waals surface area contributed by atoms with Crippen molar-refractivity contribution in [3.63, 3.8) is 0 Å². The molecule has 0 amide bonds. The molecular weight excluding hydrogens is 427 g/mol. The third-order valence-electron chi connectivity index (χ3n) is 5.44. The number of aryl methyl sites for hydroxylation is 1. The van der Waals surface area contributed by atoms with Crippen LogP contribution in [0.15, 0.2) is 24.7 Å². The molecule has 0 aromatic carbocycles. The minimum atomic E-state index is -4.48. The summed E-state index contributed by atoms with van der Waals surface area (Å²) in [6, 6.07) is 3.32. The predicted octanol–water partition coefficient (Wildman–Crippen LogP) is 2.14. The van der Waals surface area contributed by atoms with Crippen molar-refractivity contribution in [1.82, 2.24) is 39.7 Å². The van der Waals surface area contributed by atoms with Crippen LogP contribution in [0.25, 0.3) is 33.9 Å². The van der Waals surface area contributed by atoms with E-state index in [2.05, 4.69) is 30.4 Å². The summed E-state index contributed by atoms with van der Waals surface area (Å²) in [6.07, 6.45) is -0.818. The summed E-state index contributed by atoms with van der Waals surface area (Å²) < 4.78 is 42.8. The SMILES string of the molecule is Cn1ncnc1-c1cc(N2CCC[C@H](O)C2)c2c(n1)c(-c1ccn[nH]1)nn2CC(F)(F)F. The van der Waals surface area contributed by atoms with E-state index in [1.165, 1.54) is 12.5 Å². The average Bonchev–Trinajstić information content (AvgIpc) is 3.47. The number of β-amino-alcohol motifs (C(OH)–C–C–N with tert-alkyl or cyclic N) is 1. The zero-order chi connectivity index (χ0) is 22.5. The number of rotatable bonds is 4. The van der Waals surface area contributed by atoms with Crippen LogP contribution in [0.3, 0.4) is 0 Å². The first kappa shape index (κ1) is 20.4. The summed E-state index contributed by atoms with van der Waals surface area (Å²) in [5.74, 6) is 0.463. The Hall–Kier alpha value is -3.48. The number of piperidine rings is 1. The topological polar surface area (TPSA) is 114 Å². The summed E-state index contributed by atoms with van der Waals surface area (Å²) >= 11 is 0. The van der Waals surface area contributed by atoms with Gasteiger partial charge in [-0.05, 0) is 25.0 Å². The molecule has 1 aliphatic heterocycles. The number of hydrogen-bond donors (Lipinski definition) is 2. The molecule has 0 spiro atoms. The number of aromatic nitrogens is 8. The summed E-state index contributed by atoms with van der Waals surface area (Å²) in [5, 5.41) is 25.2. The van der Waals surface area contributed by atoms with E-state index in [0.29, 0.717) is 48.8 Å². The highest BCUT2D eigenvalue weighted by atomic mass is 19.4. The first-order valence-electron chi connectivity index (χ1n) is 10.1. The van der Waals surface area contributed by atoms with Crippen molar-refractivity contribution in [2.75, 3.05) is 18.0 Å². The minimum Gasteiger partial charge on any atom is -0.391 e. The van der Waals surface area contributed by atoms with Crippen molar-refractivity contribution in [2.45, 2.75) is 31.7 Å². The number of H-pyrrole nitrogens is 1. The molecule has 4 aromatic rings. The normalized spacial score (nSPS) is 17.4. The summed E-state index contributed by atoms with van der Waals surface area (Å²) in [6.45, 7) is -0.384. The molecule has 0 saturated carbocycles. The molecular formula is C19H20F3N9O. The van der Waals surface area contributed by atoms with Crippen LogP contribution in [0.2, 0.25) is 0 Å². The number of hydrogen-bond acceptors (Lipinski definition) is 7. The van der Waals surface area contributed by atoms with Gasteiger partial charge >= 0.3 is 6.18 Å². The number of aliphatic hydroxyl groups is 1. The lowest BCUT2D eigenvalue weighted by Crippen LogP contribution is -2.38. The molecule has 32 heavy (non-hydrogen) atoms. The van der Waals surface area contributed by atoms with Gasteiger partial charge in [0.15, 0.2) is 5.82 Å². The van der Waals surface area contributed by atoms with Crippen molar-refractivity contribution in [1.29, 1.82) is 0 Å². The van der Waals surface area contributed by atoms with Crippen LogP contribution in [0, 0.1) is 0 Å². The largest absolute Gasteiger partial charge is 0.408 e. The Morgan fingerprint density at radius 3 is 2.81 bits per heavy atom. The fraction of sp³-hybridized carbons (Fsp3) is 0.421. The number of pyridine rings is 1. The smallest absolute Gasteiger partial charge is 0.391 e. The Bertz CT molecular complexity index is 1250. The highest BCUT2D eigenvalue weighted by Crippen LogP contribution is 2.37. The van der Waals surface area contributed by atoms with Gasteiger partial charge in [-0.3, -0.25) is 9.78 Å². The maximum absolute atomic E-state index is 13.4. The van der Waals surface area contributed by atoms with E-state index in [4.69, 9.17) is 0 Å². The molecule has 1 fully saturated rings. The number of alkyl halides is 3. The van der Waals surface area contributed by atoms with Crippen molar-refractivity contribution in [3.05, 3.63) is 24.7 Å². The molecule has 0 unspecified atom stereocenters. The van der Waals surface area contributed by atoms with E-state index in [1.807, 2.05) is 4.90 Å². The van der Waals surface area contributed by atoms with Crippen LogP contribution in [-0.2, 0) is 13.6 Å². The standard InChI is InChI=1S/C19H20F3N9O/c1-29-18(23-10-25-29)13-7-14(30-6-2-3-11(32)8-30)17-16(26-13)15(12-4-5-24-27-12)28-31(17)9-19(20,21)22/h4-5,7,10-11,32H,2-3,6,8-9H2,1H3,(H,24,27)/t11-/m0/s1. The molecule has 0 bridgehead atoms. The van der Waals surface area contributed by atoms with Gasteiger partial charge in [0.2, 0.25) is 0 Å². The Morgan fingerprint density at radius 1 is 1.31 bits per heavy atom. The van der Waals surface area contributed by atoms with Crippen LogP contribution in [0.4, 0.5) is 18.9 Å². The first-order valence-corrected chi connectivity index (χ1v) is 10.1. The fourth-order valence-electron chi connectivity index (χ4n) is 4.07. The third-order valence-corrected chi connectivity index (χ3v) is 5.44. The molecule has 5 rings (SSSR count). The molecule has 4 aromatic heterocycles. The van der Waals surface area contributed by atoms with Gasteiger partial charge in [0.05, 0.1) is 17.5 Å². The number of nitrogens with zero attached hydrogens (tertiary/aromatic N) is 8. The Labute approximate surface area is 179 Å². The Kier molecular flexibility index (Phi) is 4.84. The molecule has 2 N–H and O–H groups in total. The van der Waals surface area contributed by atoms with E-state index in [1.54, 1.807) is 23.9 Å². The number of anilines is 1. The van der Waals surface area contributed by atoms with E-state index < -0.39 is 18.8 Å². The molecule has 13 heteroatoms. The second-order valence-electron chi connectivity index (χ2n) is 7.76. The van der Waals surface area contributed by atoms with Crippen molar-refractivity contribution in [3.8, 4) is 22.9 Å². The van der Waals surface area contributed by atoms with Crippen molar-refractivity contribution >= 4 is 16.7 Å². The third kappa shape index (κ3) is 3.68. The maximum atomic E-state index is 13.4. The maximum Gasteiger partial charge on any atom is 0.408 e. The van der Waals surface area contributed by atoms with E-state index in [9.17, 15) is 18.3 Å². The quantitative estimate of drug-likeness (QED) is 0.493. The molecule has 0 radical (unpaired) electrons. The van der Waals surface area contributed by atoms with E-state index in [-0.39, 0.29) is 16.7 Å². The Balaban J connectivity index is 1.80. The lowest BCUT2D eigenvalue weighted by Gasteiger charge is -2.32. The zero-order valence-corrected chi connectivity index (χ0v) is 17.1. The van der Waals surface area contributed by atoms with Gasteiger partial charge in [-0.15, -0.1) is 0 Å². The predicted molar refractivity (Wildman–Crippen MR) is 109 cm³/mol. The average molecular weight is 447 g/mol. The highest BCUT2D eigenvalue weighted by Gasteiger charge is 2.33. The number of fused-ring (bicyclic) bond motifs is 1. The second kappa shape index (κ2) is 7.58. The minimum absolute atomic E-state index is 0.243. The number of halogens is 3. The van der Waals surface area contributed by atoms with Gasteiger partial charge in [0.25, 0.3) is 0 Å². The van der Waals surface area contributed by atoms with Gasteiger partial charge in [-0.25, -0.2) is 14.6 Å². The zero-order valence-electron chi connectivity index (χ0n) is 17.1. The van der Waals surface area contributed by atoms with Crippen LogP contribution in [-0.4, -0.2) is 70.2 Å². The molecule has 1 atom stereocenters. The molecule has 1 aliphatic rings. The number of nitrogens with one attached hydrogen (secondary N) is 1.